The number of carbonyl (C=O) groups is 1. The summed E-state index contributed by atoms with van der Waals surface area (Å²) in [6.45, 7) is 4.92. The lowest BCUT2D eigenvalue weighted by Crippen LogP contribution is -2.33. The molecule has 5 heteroatoms. The number of nitrogen functional groups attached to an aromatic ring is 1. The zero-order chi connectivity index (χ0) is 16.0. The fraction of sp³-hybridized carbons (Fsp3) is 0.562. The van der Waals surface area contributed by atoms with E-state index >= 15 is 0 Å². The van der Waals surface area contributed by atoms with Crippen molar-refractivity contribution in [3.05, 3.63) is 23.8 Å². The molecule has 1 aromatic carbocycles. The largest absolute Gasteiger partial charge is 0.397 e. The van der Waals surface area contributed by atoms with E-state index in [4.69, 9.17) is 5.73 Å². The van der Waals surface area contributed by atoms with Crippen LogP contribution in [-0.4, -0.2) is 63.5 Å². The maximum Gasteiger partial charge on any atom is 0.253 e. The quantitative estimate of drug-likeness (QED) is 0.778. The Bertz CT molecular complexity index is 471. The topological polar surface area (TPSA) is 52.8 Å². The third-order valence-electron chi connectivity index (χ3n) is 3.33. The van der Waals surface area contributed by atoms with Crippen LogP contribution in [0, 0.1) is 0 Å². The summed E-state index contributed by atoms with van der Waals surface area (Å²) in [6.07, 6.45) is 1.04. The average molecular weight is 292 g/mol. The van der Waals surface area contributed by atoms with Crippen LogP contribution in [-0.2, 0) is 0 Å². The summed E-state index contributed by atoms with van der Waals surface area (Å²) in [7, 11) is 7.63. The van der Waals surface area contributed by atoms with Crippen molar-refractivity contribution in [2.45, 2.75) is 13.3 Å². The molecule has 21 heavy (non-hydrogen) atoms. The fourth-order valence-electron chi connectivity index (χ4n) is 2.15. The van der Waals surface area contributed by atoms with E-state index in [9.17, 15) is 4.79 Å². The molecular weight excluding hydrogens is 264 g/mol. The summed E-state index contributed by atoms with van der Waals surface area (Å²) < 4.78 is 0. The Morgan fingerprint density at radius 3 is 2.29 bits per heavy atom. The second kappa shape index (κ2) is 7.88. The first-order valence-electron chi connectivity index (χ1n) is 7.37. The van der Waals surface area contributed by atoms with Gasteiger partial charge in [0.15, 0.2) is 0 Å². The molecular formula is C16H28N4O. The molecule has 1 rings (SSSR count). The van der Waals surface area contributed by atoms with Crippen LogP contribution in [0.5, 0.6) is 0 Å². The minimum Gasteiger partial charge on any atom is -0.397 e. The van der Waals surface area contributed by atoms with Gasteiger partial charge in [-0.25, -0.2) is 0 Å². The van der Waals surface area contributed by atoms with Gasteiger partial charge in [0.25, 0.3) is 5.91 Å². The maximum absolute atomic E-state index is 12.1. The standard InChI is InChI=1S/C16H28N4O/c1-6-9-20(11-10-18(2)3)15-12-13(7-8-14(15)17)16(21)19(4)5/h7-8,12H,6,9-11,17H2,1-5H3. The monoisotopic (exact) mass is 292 g/mol. The predicted molar refractivity (Wildman–Crippen MR) is 89.9 cm³/mol. The maximum atomic E-state index is 12.1. The molecule has 0 saturated carbocycles. The van der Waals surface area contributed by atoms with E-state index in [1.165, 1.54) is 0 Å². The number of hydrogen-bond donors (Lipinski definition) is 1. The van der Waals surface area contributed by atoms with Crippen molar-refractivity contribution >= 4 is 17.3 Å². The molecule has 5 nitrogen and oxygen atoms in total. The van der Waals surface area contributed by atoms with Crippen LogP contribution in [0.25, 0.3) is 0 Å². The van der Waals surface area contributed by atoms with Crippen LogP contribution in [0.4, 0.5) is 11.4 Å². The third-order valence-corrected chi connectivity index (χ3v) is 3.33. The van der Waals surface area contributed by atoms with Crippen molar-refractivity contribution in [2.24, 2.45) is 0 Å². The average Bonchev–Trinajstić information content (AvgIpc) is 2.43. The van der Waals surface area contributed by atoms with Crippen LogP contribution >= 0.6 is 0 Å². The molecule has 2 N–H and O–H groups in total. The van der Waals surface area contributed by atoms with Crippen LogP contribution in [0.3, 0.4) is 0 Å². The summed E-state index contributed by atoms with van der Waals surface area (Å²) in [5, 5.41) is 0. The molecule has 1 amide bonds. The molecule has 0 atom stereocenters. The van der Waals surface area contributed by atoms with Crippen LogP contribution < -0.4 is 10.6 Å². The molecule has 0 aromatic heterocycles. The summed E-state index contributed by atoms with van der Waals surface area (Å²) in [5.74, 6) is 0.000285. The Hall–Kier alpha value is -1.75. The number of anilines is 2. The van der Waals surface area contributed by atoms with Crippen molar-refractivity contribution in [1.29, 1.82) is 0 Å². The first-order chi connectivity index (χ1) is 9.86. The van der Waals surface area contributed by atoms with Crippen LogP contribution in [0.15, 0.2) is 18.2 Å². The van der Waals surface area contributed by atoms with Crippen molar-refractivity contribution in [3.63, 3.8) is 0 Å². The summed E-state index contributed by atoms with van der Waals surface area (Å²) in [4.78, 5) is 18.1. The van der Waals surface area contributed by atoms with Crippen LogP contribution in [0.1, 0.15) is 23.7 Å². The number of carbonyl (C=O) groups excluding carboxylic acids is 1. The van der Waals surface area contributed by atoms with E-state index in [1.807, 2.05) is 12.1 Å². The highest BCUT2D eigenvalue weighted by Crippen LogP contribution is 2.25. The fourth-order valence-corrected chi connectivity index (χ4v) is 2.15. The summed E-state index contributed by atoms with van der Waals surface area (Å²) in [5.41, 5.74) is 8.47. The molecule has 0 aliphatic rings. The number of nitrogens with two attached hydrogens (primary N) is 1. The minimum atomic E-state index is 0.000285. The van der Waals surface area contributed by atoms with Crippen LogP contribution in [0.2, 0.25) is 0 Å². The van der Waals surface area contributed by atoms with E-state index in [0.29, 0.717) is 5.56 Å². The predicted octanol–water partition coefficient (Wildman–Crippen LogP) is 1.75. The molecule has 0 aliphatic heterocycles. The summed E-state index contributed by atoms with van der Waals surface area (Å²) in [6, 6.07) is 5.52. The van der Waals surface area contributed by atoms with Crippen molar-refractivity contribution in [1.82, 2.24) is 9.80 Å². The van der Waals surface area contributed by atoms with Gasteiger partial charge in [0.05, 0.1) is 11.4 Å². The Kier molecular flexibility index (Phi) is 6.49. The van der Waals surface area contributed by atoms with E-state index in [0.717, 1.165) is 37.4 Å². The zero-order valence-electron chi connectivity index (χ0n) is 13.9. The van der Waals surface area contributed by atoms with Gasteiger partial charge in [0.1, 0.15) is 0 Å². The van der Waals surface area contributed by atoms with Gasteiger partial charge < -0.3 is 20.4 Å². The third kappa shape index (κ3) is 4.93. The molecule has 1 aromatic rings. The number of hydrogen-bond acceptors (Lipinski definition) is 4. The van der Waals surface area contributed by atoms with Gasteiger partial charge in [0, 0.05) is 39.3 Å². The molecule has 0 spiro atoms. The van der Waals surface area contributed by atoms with E-state index in [2.05, 4.69) is 30.8 Å². The normalized spacial score (nSPS) is 10.8. The molecule has 0 bridgehead atoms. The van der Waals surface area contributed by atoms with Crippen molar-refractivity contribution in [3.8, 4) is 0 Å². The van der Waals surface area contributed by atoms with Gasteiger partial charge in [-0.1, -0.05) is 6.92 Å². The van der Waals surface area contributed by atoms with Crippen molar-refractivity contribution < 1.29 is 4.79 Å². The molecule has 0 saturated heterocycles. The highest BCUT2D eigenvalue weighted by atomic mass is 16.2. The van der Waals surface area contributed by atoms with Gasteiger partial charge >= 0.3 is 0 Å². The van der Waals surface area contributed by atoms with E-state index in [1.54, 1.807) is 25.1 Å². The van der Waals surface area contributed by atoms with E-state index in [-0.39, 0.29) is 5.91 Å². The van der Waals surface area contributed by atoms with Gasteiger partial charge in [-0.15, -0.1) is 0 Å². The first-order valence-corrected chi connectivity index (χ1v) is 7.37. The number of nitrogens with zero attached hydrogens (tertiary/aromatic N) is 3. The summed E-state index contributed by atoms with van der Waals surface area (Å²) >= 11 is 0. The molecule has 118 valence electrons. The lowest BCUT2D eigenvalue weighted by molar-refractivity contribution is 0.0827. The molecule has 0 aliphatic carbocycles. The molecule has 0 radical (unpaired) electrons. The lowest BCUT2D eigenvalue weighted by Gasteiger charge is -2.27. The van der Waals surface area contributed by atoms with Gasteiger partial charge in [0.2, 0.25) is 0 Å². The van der Waals surface area contributed by atoms with Gasteiger partial charge in [-0.05, 0) is 38.7 Å². The second-order valence-corrected chi connectivity index (χ2v) is 5.76. The smallest absolute Gasteiger partial charge is 0.253 e. The highest BCUT2D eigenvalue weighted by Gasteiger charge is 2.14. The Balaban J connectivity index is 3.05. The number of likely N-dealkylation sites (N-methyl/N-ethyl adjacent to an activating group) is 1. The van der Waals surface area contributed by atoms with Gasteiger partial charge in [-0.3, -0.25) is 4.79 Å². The Labute approximate surface area is 128 Å². The second-order valence-electron chi connectivity index (χ2n) is 5.76. The Morgan fingerprint density at radius 2 is 1.76 bits per heavy atom. The molecule has 0 unspecified atom stereocenters. The number of rotatable bonds is 7. The SMILES string of the molecule is CCCN(CCN(C)C)c1cc(C(=O)N(C)C)ccc1N. The Morgan fingerprint density at radius 1 is 1.10 bits per heavy atom. The van der Waals surface area contributed by atoms with Gasteiger partial charge in [-0.2, -0.15) is 0 Å². The van der Waals surface area contributed by atoms with E-state index < -0.39 is 0 Å². The zero-order valence-corrected chi connectivity index (χ0v) is 13.9. The lowest BCUT2D eigenvalue weighted by atomic mass is 10.1. The first kappa shape index (κ1) is 17.3. The minimum absolute atomic E-state index is 0.000285. The number of benzene rings is 1. The highest BCUT2D eigenvalue weighted by molar-refractivity contribution is 5.96. The molecule has 0 heterocycles. The number of amides is 1. The van der Waals surface area contributed by atoms with Crippen molar-refractivity contribution in [2.75, 3.05) is 58.5 Å². The molecule has 0 fully saturated rings.